The summed E-state index contributed by atoms with van der Waals surface area (Å²) in [6.07, 6.45) is 6.20. The zero-order valence-corrected chi connectivity index (χ0v) is 11.7. The summed E-state index contributed by atoms with van der Waals surface area (Å²) in [6, 6.07) is 0. The van der Waals surface area contributed by atoms with Gasteiger partial charge in [0.25, 0.3) is 0 Å². The molecule has 1 fully saturated rings. The minimum Gasteiger partial charge on any atom is -0.298 e. The maximum atomic E-state index is 12.4. The van der Waals surface area contributed by atoms with Crippen LogP contribution in [0.1, 0.15) is 59.3 Å². The van der Waals surface area contributed by atoms with Gasteiger partial charge in [-0.1, -0.05) is 18.9 Å². The molecule has 0 aromatic rings. The summed E-state index contributed by atoms with van der Waals surface area (Å²) in [5, 5.41) is 0. The van der Waals surface area contributed by atoms with Gasteiger partial charge in [-0.15, -0.1) is 6.58 Å². The van der Waals surface area contributed by atoms with Crippen LogP contribution in [0.15, 0.2) is 12.2 Å². The van der Waals surface area contributed by atoms with E-state index in [4.69, 9.17) is 0 Å². The highest BCUT2D eigenvalue weighted by Crippen LogP contribution is 2.27. The van der Waals surface area contributed by atoms with Crippen molar-refractivity contribution in [1.29, 1.82) is 0 Å². The molecule has 1 atom stereocenters. The molecule has 1 rings (SSSR count). The summed E-state index contributed by atoms with van der Waals surface area (Å²) >= 11 is 0. The van der Waals surface area contributed by atoms with Gasteiger partial charge in [0.05, 0.1) is 5.54 Å². The number of piperidine rings is 1. The van der Waals surface area contributed by atoms with E-state index in [1.165, 1.54) is 19.3 Å². The van der Waals surface area contributed by atoms with Crippen molar-refractivity contribution < 1.29 is 4.79 Å². The van der Waals surface area contributed by atoms with Crippen molar-refractivity contribution in [3.8, 4) is 0 Å². The van der Waals surface area contributed by atoms with E-state index in [0.717, 1.165) is 31.5 Å². The summed E-state index contributed by atoms with van der Waals surface area (Å²) in [5.74, 6) is 0.393. The van der Waals surface area contributed by atoms with Crippen LogP contribution >= 0.6 is 0 Å². The monoisotopic (exact) mass is 237 g/mol. The Morgan fingerprint density at radius 3 is 2.29 bits per heavy atom. The third-order valence-corrected chi connectivity index (χ3v) is 4.12. The van der Waals surface area contributed by atoms with E-state index in [0.29, 0.717) is 12.2 Å². The summed E-state index contributed by atoms with van der Waals surface area (Å²) < 4.78 is 0. The van der Waals surface area contributed by atoms with Crippen LogP contribution < -0.4 is 0 Å². The normalized spacial score (nSPS) is 20.9. The Morgan fingerprint density at radius 2 is 1.82 bits per heavy atom. The van der Waals surface area contributed by atoms with Crippen LogP contribution in [-0.4, -0.2) is 29.3 Å². The molecule has 0 saturated carbocycles. The van der Waals surface area contributed by atoms with Crippen LogP contribution in [0.5, 0.6) is 0 Å². The van der Waals surface area contributed by atoms with Gasteiger partial charge >= 0.3 is 0 Å². The van der Waals surface area contributed by atoms with E-state index in [-0.39, 0.29) is 5.54 Å². The van der Waals surface area contributed by atoms with Gasteiger partial charge in [-0.2, -0.15) is 0 Å². The van der Waals surface area contributed by atoms with Crippen LogP contribution in [-0.2, 0) is 4.79 Å². The number of Topliss-reactive ketones (excluding diaryl/α,β-unsaturated/α-hetero) is 1. The van der Waals surface area contributed by atoms with Crippen LogP contribution in [0.25, 0.3) is 0 Å². The fourth-order valence-corrected chi connectivity index (χ4v) is 2.58. The predicted molar refractivity (Wildman–Crippen MR) is 73.2 cm³/mol. The van der Waals surface area contributed by atoms with Gasteiger partial charge in [0, 0.05) is 6.42 Å². The van der Waals surface area contributed by atoms with Gasteiger partial charge in [0.15, 0.2) is 5.78 Å². The molecule has 0 spiro atoms. The Labute approximate surface area is 106 Å². The molecule has 0 aliphatic carbocycles. The second kappa shape index (κ2) is 6.34. The van der Waals surface area contributed by atoms with Crippen molar-refractivity contribution in [2.75, 3.05) is 13.1 Å². The molecule has 1 saturated heterocycles. The summed E-state index contributed by atoms with van der Waals surface area (Å²) in [4.78, 5) is 14.8. The molecule has 2 nitrogen and oxygen atoms in total. The zero-order chi connectivity index (χ0) is 12.9. The van der Waals surface area contributed by atoms with E-state index in [9.17, 15) is 4.79 Å². The van der Waals surface area contributed by atoms with E-state index in [1.807, 2.05) is 6.92 Å². The van der Waals surface area contributed by atoms with E-state index >= 15 is 0 Å². The van der Waals surface area contributed by atoms with Gasteiger partial charge in [-0.05, 0) is 52.6 Å². The van der Waals surface area contributed by atoms with Crippen molar-refractivity contribution in [2.45, 2.75) is 64.8 Å². The van der Waals surface area contributed by atoms with Crippen molar-refractivity contribution >= 4 is 5.78 Å². The highest BCUT2D eigenvalue weighted by molar-refractivity contribution is 5.88. The number of ketones is 1. The van der Waals surface area contributed by atoms with Gasteiger partial charge in [0.1, 0.15) is 0 Å². The van der Waals surface area contributed by atoms with E-state index < -0.39 is 0 Å². The largest absolute Gasteiger partial charge is 0.298 e. The summed E-state index contributed by atoms with van der Waals surface area (Å²) in [5.41, 5.74) is 0.867. The van der Waals surface area contributed by atoms with Crippen molar-refractivity contribution in [1.82, 2.24) is 4.90 Å². The summed E-state index contributed by atoms with van der Waals surface area (Å²) in [7, 11) is 0. The molecule has 0 aromatic heterocycles. The molecule has 0 bridgehead atoms. The fourth-order valence-electron chi connectivity index (χ4n) is 2.58. The maximum absolute atomic E-state index is 12.4. The third-order valence-electron chi connectivity index (χ3n) is 4.12. The second-order valence-electron chi connectivity index (χ2n) is 5.56. The Morgan fingerprint density at radius 1 is 1.24 bits per heavy atom. The number of likely N-dealkylation sites (tertiary alicyclic amines) is 1. The number of allylic oxidation sites excluding steroid dienone is 1. The number of carbonyl (C=O) groups excluding carboxylic acids is 1. The smallest absolute Gasteiger partial charge is 0.153 e. The van der Waals surface area contributed by atoms with Crippen molar-refractivity contribution in [2.24, 2.45) is 0 Å². The molecule has 98 valence electrons. The third kappa shape index (κ3) is 3.67. The lowest BCUT2D eigenvalue weighted by Gasteiger charge is -2.42. The maximum Gasteiger partial charge on any atom is 0.153 e. The second-order valence-corrected chi connectivity index (χ2v) is 5.56. The predicted octanol–water partition coefficient (Wildman–Crippen LogP) is 3.57. The average molecular weight is 237 g/mol. The van der Waals surface area contributed by atoms with Gasteiger partial charge in [0.2, 0.25) is 0 Å². The standard InChI is InChI=1S/C15H27NO/c1-5-15(4,14(17)10-9-13(2)3)16-11-7-6-8-12-16/h2,5-12H2,1,3-4H3. The first-order valence-corrected chi connectivity index (χ1v) is 6.93. The molecule has 0 radical (unpaired) electrons. The fraction of sp³-hybridized carbons (Fsp3) is 0.800. The first-order valence-electron chi connectivity index (χ1n) is 6.93. The number of carbonyl (C=O) groups is 1. The first kappa shape index (κ1) is 14.4. The summed E-state index contributed by atoms with van der Waals surface area (Å²) in [6.45, 7) is 12.3. The van der Waals surface area contributed by atoms with Gasteiger partial charge in [-0.3, -0.25) is 9.69 Å². The minimum atomic E-state index is -0.240. The molecule has 1 aliphatic heterocycles. The topological polar surface area (TPSA) is 20.3 Å². The van der Waals surface area contributed by atoms with Crippen LogP contribution in [0.2, 0.25) is 0 Å². The molecular weight excluding hydrogens is 210 g/mol. The molecule has 0 N–H and O–H groups in total. The molecule has 17 heavy (non-hydrogen) atoms. The minimum absolute atomic E-state index is 0.240. The van der Waals surface area contributed by atoms with Crippen LogP contribution in [0, 0.1) is 0 Å². The lowest BCUT2D eigenvalue weighted by molar-refractivity contribution is -0.131. The average Bonchev–Trinajstić information content (AvgIpc) is 2.35. The molecule has 0 aromatic carbocycles. The van der Waals surface area contributed by atoms with Gasteiger partial charge < -0.3 is 0 Å². The molecular formula is C15H27NO. The zero-order valence-electron chi connectivity index (χ0n) is 11.7. The van der Waals surface area contributed by atoms with Crippen LogP contribution in [0.4, 0.5) is 0 Å². The number of nitrogens with zero attached hydrogens (tertiary/aromatic N) is 1. The first-order chi connectivity index (χ1) is 8.00. The Hall–Kier alpha value is -0.630. The molecule has 1 aliphatic rings. The van der Waals surface area contributed by atoms with Crippen LogP contribution in [0.3, 0.4) is 0 Å². The molecule has 0 amide bonds. The number of rotatable bonds is 6. The SMILES string of the molecule is C=C(C)CCC(=O)C(C)(CC)N1CCCCC1. The number of hydrogen-bond donors (Lipinski definition) is 0. The molecule has 2 heteroatoms. The Bertz CT molecular complexity index is 279. The lowest BCUT2D eigenvalue weighted by Crippen LogP contribution is -2.53. The molecule has 1 heterocycles. The number of hydrogen-bond acceptors (Lipinski definition) is 2. The van der Waals surface area contributed by atoms with E-state index in [2.05, 4.69) is 25.3 Å². The highest BCUT2D eigenvalue weighted by atomic mass is 16.1. The quantitative estimate of drug-likeness (QED) is 0.658. The Kier molecular flexibility index (Phi) is 5.38. The Balaban J connectivity index is 2.64. The van der Waals surface area contributed by atoms with E-state index in [1.54, 1.807) is 0 Å². The van der Waals surface area contributed by atoms with Crippen molar-refractivity contribution in [3.63, 3.8) is 0 Å². The molecule has 1 unspecified atom stereocenters. The highest BCUT2D eigenvalue weighted by Gasteiger charge is 2.37. The van der Waals surface area contributed by atoms with Gasteiger partial charge in [-0.25, -0.2) is 0 Å². The lowest BCUT2D eigenvalue weighted by atomic mass is 9.86. The van der Waals surface area contributed by atoms with Crippen molar-refractivity contribution in [3.05, 3.63) is 12.2 Å².